The van der Waals surface area contributed by atoms with Crippen molar-refractivity contribution in [2.75, 3.05) is 13.1 Å². The van der Waals surface area contributed by atoms with Gasteiger partial charge in [0.2, 0.25) is 0 Å². The fourth-order valence-corrected chi connectivity index (χ4v) is 3.81. The highest BCUT2D eigenvalue weighted by atomic mass is 16.3. The van der Waals surface area contributed by atoms with Crippen LogP contribution in [0, 0.1) is 0 Å². The van der Waals surface area contributed by atoms with Gasteiger partial charge in [-0.1, -0.05) is 30.3 Å². The van der Waals surface area contributed by atoms with Gasteiger partial charge in [-0.3, -0.25) is 9.69 Å². The molecule has 2 fully saturated rings. The Hall–Kier alpha value is -2.07. The summed E-state index contributed by atoms with van der Waals surface area (Å²) in [6.45, 7) is 2.27. The molecule has 0 radical (unpaired) electrons. The van der Waals surface area contributed by atoms with Crippen LogP contribution in [0.5, 0.6) is 0 Å². The van der Waals surface area contributed by atoms with Crippen LogP contribution in [0.4, 0.5) is 0 Å². The number of carbonyl (C=O) groups is 1. The number of rotatable bonds is 3. The van der Waals surface area contributed by atoms with Gasteiger partial charge in [0.25, 0.3) is 5.91 Å². The van der Waals surface area contributed by atoms with Crippen molar-refractivity contribution in [3.05, 3.63) is 48.4 Å². The van der Waals surface area contributed by atoms with Crippen molar-refractivity contribution < 1.29 is 9.21 Å². The molecule has 1 aromatic carbocycles. The van der Waals surface area contributed by atoms with Gasteiger partial charge in [0.1, 0.15) is 0 Å². The number of benzene rings is 1. The summed E-state index contributed by atoms with van der Waals surface area (Å²) in [7, 11) is 0. The van der Waals surface area contributed by atoms with Crippen LogP contribution in [0.1, 0.15) is 29.8 Å². The Morgan fingerprint density at radius 1 is 1.14 bits per heavy atom. The van der Waals surface area contributed by atoms with Crippen molar-refractivity contribution in [2.24, 2.45) is 0 Å². The lowest BCUT2D eigenvalue weighted by molar-refractivity contribution is 0.0902. The zero-order valence-electron chi connectivity index (χ0n) is 12.5. The summed E-state index contributed by atoms with van der Waals surface area (Å²) in [4.78, 5) is 15.1. The molecule has 114 valence electrons. The zero-order valence-corrected chi connectivity index (χ0v) is 12.5. The van der Waals surface area contributed by atoms with Crippen molar-refractivity contribution in [3.63, 3.8) is 0 Å². The predicted octanol–water partition coefficient (Wildman–Crippen LogP) is 2.91. The first-order valence-corrected chi connectivity index (χ1v) is 8.01. The van der Waals surface area contributed by atoms with E-state index < -0.39 is 0 Å². The van der Waals surface area contributed by atoms with Gasteiger partial charge in [0.15, 0.2) is 5.76 Å². The minimum absolute atomic E-state index is 0.0948. The summed E-state index contributed by atoms with van der Waals surface area (Å²) >= 11 is 0. The second kappa shape index (κ2) is 5.61. The Balaban J connectivity index is 1.53. The number of hydrogen-bond donors (Lipinski definition) is 1. The van der Waals surface area contributed by atoms with Crippen LogP contribution in [0.2, 0.25) is 0 Å². The fourth-order valence-electron chi connectivity index (χ4n) is 3.81. The predicted molar refractivity (Wildman–Crippen MR) is 84.6 cm³/mol. The Kier molecular flexibility index (Phi) is 3.47. The SMILES string of the molecule is O=C(N[C@@H]1CCN2CCC[C@H]12)c1occc1-c1ccccc1. The van der Waals surface area contributed by atoms with E-state index in [2.05, 4.69) is 10.2 Å². The quantitative estimate of drug-likeness (QED) is 0.947. The molecule has 2 aromatic rings. The topological polar surface area (TPSA) is 45.5 Å². The third-order valence-corrected chi connectivity index (χ3v) is 4.88. The number of fused-ring (bicyclic) bond motifs is 1. The highest BCUT2D eigenvalue weighted by molar-refractivity contribution is 5.98. The summed E-state index contributed by atoms with van der Waals surface area (Å²) in [5, 5.41) is 3.19. The largest absolute Gasteiger partial charge is 0.459 e. The average molecular weight is 296 g/mol. The zero-order chi connectivity index (χ0) is 14.9. The fraction of sp³-hybridized carbons (Fsp3) is 0.389. The third-order valence-electron chi connectivity index (χ3n) is 4.88. The second-order valence-corrected chi connectivity index (χ2v) is 6.14. The number of furan rings is 1. The molecule has 2 saturated heterocycles. The minimum Gasteiger partial charge on any atom is -0.459 e. The summed E-state index contributed by atoms with van der Waals surface area (Å²) in [6.07, 6.45) is 5.06. The molecule has 1 aromatic heterocycles. The van der Waals surface area contributed by atoms with Gasteiger partial charge >= 0.3 is 0 Å². The molecule has 2 atom stereocenters. The van der Waals surface area contributed by atoms with Crippen LogP contribution in [-0.4, -0.2) is 36.0 Å². The van der Waals surface area contributed by atoms with Crippen LogP contribution in [-0.2, 0) is 0 Å². The van der Waals surface area contributed by atoms with Gasteiger partial charge < -0.3 is 9.73 Å². The second-order valence-electron chi connectivity index (χ2n) is 6.14. The van der Waals surface area contributed by atoms with Crippen LogP contribution < -0.4 is 5.32 Å². The lowest BCUT2D eigenvalue weighted by atomic mass is 10.0. The Morgan fingerprint density at radius 3 is 2.86 bits per heavy atom. The molecule has 0 unspecified atom stereocenters. The molecule has 2 aliphatic heterocycles. The van der Waals surface area contributed by atoms with Crippen LogP contribution in [0.25, 0.3) is 11.1 Å². The monoisotopic (exact) mass is 296 g/mol. The molecule has 0 spiro atoms. The first kappa shape index (κ1) is 13.6. The summed E-state index contributed by atoms with van der Waals surface area (Å²) < 4.78 is 5.48. The van der Waals surface area contributed by atoms with Crippen molar-refractivity contribution in [1.29, 1.82) is 0 Å². The molecule has 4 nitrogen and oxygen atoms in total. The van der Waals surface area contributed by atoms with E-state index in [4.69, 9.17) is 4.42 Å². The lowest BCUT2D eigenvalue weighted by Gasteiger charge is -2.21. The molecule has 1 amide bonds. The molecule has 4 rings (SSSR count). The minimum atomic E-state index is -0.0948. The third kappa shape index (κ3) is 2.33. The highest BCUT2D eigenvalue weighted by Gasteiger charge is 2.38. The van der Waals surface area contributed by atoms with E-state index >= 15 is 0 Å². The summed E-state index contributed by atoms with van der Waals surface area (Å²) in [5.74, 6) is 0.324. The van der Waals surface area contributed by atoms with E-state index in [0.717, 1.165) is 24.1 Å². The van der Waals surface area contributed by atoms with Gasteiger partial charge in [-0.15, -0.1) is 0 Å². The molecule has 0 saturated carbocycles. The van der Waals surface area contributed by atoms with Gasteiger partial charge in [0, 0.05) is 24.2 Å². The summed E-state index contributed by atoms with van der Waals surface area (Å²) in [6, 6.07) is 12.5. The normalized spacial score (nSPS) is 24.4. The molecule has 2 aliphatic rings. The lowest BCUT2D eigenvalue weighted by Crippen LogP contribution is -2.42. The first-order chi connectivity index (χ1) is 10.8. The highest BCUT2D eigenvalue weighted by Crippen LogP contribution is 2.29. The van der Waals surface area contributed by atoms with Crippen molar-refractivity contribution in [1.82, 2.24) is 10.2 Å². The van der Waals surface area contributed by atoms with Crippen LogP contribution >= 0.6 is 0 Å². The van der Waals surface area contributed by atoms with E-state index in [-0.39, 0.29) is 11.9 Å². The molecule has 4 heteroatoms. The Bertz CT molecular complexity index is 665. The number of hydrogen-bond acceptors (Lipinski definition) is 3. The van der Waals surface area contributed by atoms with Crippen molar-refractivity contribution in [3.8, 4) is 11.1 Å². The van der Waals surface area contributed by atoms with E-state index in [1.165, 1.54) is 19.4 Å². The first-order valence-electron chi connectivity index (χ1n) is 8.01. The average Bonchev–Trinajstić information content (AvgIpc) is 3.26. The maximum Gasteiger partial charge on any atom is 0.287 e. The molecule has 22 heavy (non-hydrogen) atoms. The smallest absolute Gasteiger partial charge is 0.287 e. The van der Waals surface area contributed by atoms with Crippen molar-refractivity contribution >= 4 is 5.91 Å². The molecule has 3 heterocycles. The van der Waals surface area contributed by atoms with Crippen molar-refractivity contribution in [2.45, 2.75) is 31.3 Å². The summed E-state index contributed by atoms with van der Waals surface area (Å²) in [5.41, 5.74) is 1.87. The Labute approximate surface area is 130 Å². The Morgan fingerprint density at radius 2 is 2.00 bits per heavy atom. The molecular weight excluding hydrogens is 276 g/mol. The van der Waals surface area contributed by atoms with E-state index in [0.29, 0.717) is 11.8 Å². The number of nitrogens with zero attached hydrogens (tertiary/aromatic N) is 1. The molecule has 0 bridgehead atoms. The maximum atomic E-state index is 12.6. The van der Waals surface area contributed by atoms with Gasteiger partial charge in [0.05, 0.1) is 6.26 Å². The van der Waals surface area contributed by atoms with Gasteiger partial charge in [-0.25, -0.2) is 0 Å². The number of carbonyl (C=O) groups excluding carboxylic acids is 1. The molecule has 1 N–H and O–H groups in total. The van der Waals surface area contributed by atoms with Crippen LogP contribution in [0.15, 0.2) is 47.1 Å². The standard InChI is InChI=1S/C18H20N2O2/c21-18(19-15-8-11-20-10-4-7-16(15)20)17-14(9-12-22-17)13-5-2-1-3-6-13/h1-3,5-6,9,12,15-16H,4,7-8,10-11H2,(H,19,21)/t15-,16-/m1/s1. The van der Waals surface area contributed by atoms with Crippen LogP contribution in [0.3, 0.4) is 0 Å². The maximum absolute atomic E-state index is 12.6. The van der Waals surface area contributed by atoms with Gasteiger partial charge in [-0.2, -0.15) is 0 Å². The van der Waals surface area contributed by atoms with E-state index in [1.807, 2.05) is 36.4 Å². The van der Waals surface area contributed by atoms with Gasteiger partial charge in [-0.05, 0) is 37.4 Å². The molecule has 0 aliphatic carbocycles. The number of amides is 1. The molecular formula is C18H20N2O2. The number of nitrogens with one attached hydrogen (secondary N) is 1. The van der Waals surface area contributed by atoms with E-state index in [9.17, 15) is 4.79 Å². The van der Waals surface area contributed by atoms with E-state index in [1.54, 1.807) is 6.26 Å².